The first-order valence-electron chi connectivity index (χ1n) is 6.69. The number of alkyl halides is 3. The van der Waals surface area contributed by atoms with Crippen molar-refractivity contribution in [1.29, 1.82) is 0 Å². The number of pyridine rings is 1. The van der Waals surface area contributed by atoms with Gasteiger partial charge in [0.05, 0.1) is 0 Å². The van der Waals surface area contributed by atoms with E-state index in [1.807, 2.05) is 30.0 Å². The fraction of sp³-hybridized carbons (Fsp3) is 0.643. The third kappa shape index (κ3) is 2.90. The first-order chi connectivity index (χ1) is 9.22. The van der Waals surface area contributed by atoms with E-state index in [1.165, 1.54) is 0 Å². The second kappa shape index (κ2) is 5.24. The Balaban J connectivity index is 2.03. The van der Waals surface area contributed by atoms with E-state index >= 15 is 0 Å². The summed E-state index contributed by atoms with van der Waals surface area (Å²) in [4.78, 5) is 6.34. The summed E-state index contributed by atoms with van der Waals surface area (Å²) >= 11 is 0. The van der Waals surface area contributed by atoms with Gasteiger partial charge in [-0.15, -0.1) is 0 Å². The number of aliphatic hydroxyl groups is 1. The smallest absolute Gasteiger partial charge is 0.380 e. The molecule has 1 aliphatic heterocycles. The third-order valence-corrected chi connectivity index (χ3v) is 4.06. The van der Waals surface area contributed by atoms with Crippen molar-refractivity contribution in [3.8, 4) is 0 Å². The lowest BCUT2D eigenvalue weighted by Gasteiger charge is -2.40. The van der Waals surface area contributed by atoms with Gasteiger partial charge in [0, 0.05) is 18.8 Å². The van der Waals surface area contributed by atoms with Gasteiger partial charge in [0.1, 0.15) is 5.82 Å². The van der Waals surface area contributed by atoms with E-state index in [0.29, 0.717) is 25.9 Å². The molecule has 1 aromatic rings. The lowest BCUT2D eigenvalue weighted by atomic mass is 9.81. The van der Waals surface area contributed by atoms with Gasteiger partial charge < -0.3 is 10.0 Å². The van der Waals surface area contributed by atoms with Crippen LogP contribution in [-0.2, 0) is 0 Å². The number of halogens is 3. The lowest BCUT2D eigenvalue weighted by Crippen LogP contribution is -2.52. The molecular formula is C14H19F3N2O. The zero-order valence-electron chi connectivity index (χ0n) is 11.6. The van der Waals surface area contributed by atoms with Gasteiger partial charge in [0.25, 0.3) is 0 Å². The average Bonchev–Trinajstić information content (AvgIpc) is 2.37. The molecule has 6 heteroatoms. The number of nitrogens with zero attached hydrogens (tertiary/aromatic N) is 2. The molecule has 1 aliphatic rings. The number of hydrogen-bond acceptors (Lipinski definition) is 3. The van der Waals surface area contributed by atoms with E-state index < -0.39 is 17.7 Å². The van der Waals surface area contributed by atoms with E-state index in [-0.39, 0.29) is 0 Å². The van der Waals surface area contributed by atoms with E-state index in [4.69, 9.17) is 0 Å². The highest BCUT2D eigenvalue weighted by Crippen LogP contribution is 2.40. The molecule has 0 spiro atoms. The Morgan fingerprint density at radius 3 is 2.35 bits per heavy atom. The Morgan fingerprint density at radius 1 is 1.25 bits per heavy atom. The largest absolute Gasteiger partial charge is 0.417 e. The summed E-state index contributed by atoms with van der Waals surface area (Å²) in [5.41, 5.74) is -1.73. The molecule has 112 valence electrons. The molecule has 1 unspecified atom stereocenters. The summed E-state index contributed by atoms with van der Waals surface area (Å²) in [7, 11) is 0. The van der Waals surface area contributed by atoms with Crippen LogP contribution in [0.15, 0.2) is 18.2 Å². The Bertz CT molecular complexity index is 466. The maximum Gasteiger partial charge on any atom is 0.417 e. The van der Waals surface area contributed by atoms with E-state index in [1.54, 1.807) is 0 Å². The van der Waals surface area contributed by atoms with Gasteiger partial charge in [-0.2, -0.15) is 13.2 Å². The van der Waals surface area contributed by atoms with Crippen LogP contribution in [0.4, 0.5) is 19.0 Å². The quantitative estimate of drug-likeness (QED) is 0.909. The topological polar surface area (TPSA) is 36.4 Å². The molecule has 0 saturated carbocycles. The SMILES string of the molecule is Cc1cccc(N2CCC(C(C)(O)C(F)(F)F)CC2)n1. The van der Waals surface area contributed by atoms with Gasteiger partial charge in [0.15, 0.2) is 5.60 Å². The van der Waals surface area contributed by atoms with Gasteiger partial charge >= 0.3 is 6.18 Å². The second-order valence-electron chi connectivity index (χ2n) is 5.54. The van der Waals surface area contributed by atoms with Crippen molar-refractivity contribution in [2.75, 3.05) is 18.0 Å². The lowest BCUT2D eigenvalue weighted by molar-refractivity contribution is -0.273. The highest BCUT2D eigenvalue weighted by atomic mass is 19.4. The molecule has 20 heavy (non-hydrogen) atoms. The van der Waals surface area contributed by atoms with Crippen LogP contribution in [0.2, 0.25) is 0 Å². The summed E-state index contributed by atoms with van der Waals surface area (Å²) in [6, 6.07) is 5.62. The van der Waals surface area contributed by atoms with Crippen LogP contribution in [0.1, 0.15) is 25.5 Å². The highest BCUT2D eigenvalue weighted by molar-refractivity contribution is 5.39. The standard InChI is InChI=1S/C14H19F3N2O/c1-10-4-3-5-12(18-10)19-8-6-11(7-9-19)13(2,20)14(15,16)17/h3-5,11,20H,6-9H2,1-2H3. The molecule has 1 fully saturated rings. The summed E-state index contributed by atoms with van der Waals surface area (Å²) in [5.74, 6) is 0.0265. The van der Waals surface area contributed by atoms with Crippen LogP contribution in [0.25, 0.3) is 0 Å². The van der Waals surface area contributed by atoms with E-state index in [2.05, 4.69) is 4.98 Å². The van der Waals surface area contributed by atoms with Crippen molar-refractivity contribution in [3.63, 3.8) is 0 Å². The van der Waals surface area contributed by atoms with Gasteiger partial charge in [-0.3, -0.25) is 0 Å². The fourth-order valence-corrected chi connectivity index (χ4v) is 2.61. The number of rotatable bonds is 2. The van der Waals surface area contributed by atoms with E-state index in [0.717, 1.165) is 18.4 Å². The van der Waals surface area contributed by atoms with Crippen molar-refractivity contribution in [1.82, 2.24) is 4.98 Å². The first-order valence-corrected chi connectivity index (χ1v) is 6.69. The minimum absolute atomic E-state index is 0.308. The molecule has 2 rings (SSSR count). The molecule has 0 aliphatic carbocycles. The Kier molecular flexibility index (Phi) is 3.95. The van der Waals surface area contributed by atoms with Gasteiger partial charge in [-0.25, -0.2) is 4.98 Å². The number of aromatic nitrogens is 1. The molecule has 1 atom stereocenters. The van der Waals surface area contributed by atoms with Crippen molar-refractivity contribution in [2.24, 2.45) is 5.92 Å². The molecule has 3 nitrogen and oxygen atoms in total. The normalized spacial score (nSPS) is 20.8. The molecule has 2 heterocycles. The maximum absolute atomic E-state index is 12.8. The highest BCUT2D eigenvalue weighted by Gasteiger charge is 2.54. The predicted octanol–water partition coefficient (Wildman–Crippen LogP) is 2.92. The number of aryl methyl sites for hydroxylation is 1. The zero-order chi connectivity index (χ0) is 15.0. The summed E-state index contributed by atoms with van der Waals surface area (Å²) in [6.07, 6.45) is -3.97. The molecule has 0 radical (unpaired) electrons. The van der Waals surface area contributed by atoms with Crippen LogP contribution < -0.4 is 4.90 Å². The Morgan fingerprint density at radius 2 is 1.85 bits per heavy atom. The van der Waals surface area contributed by atoms with Crippen LogP contribution in [0, 0.1) is 12.8 Å². The average molecular weight is 288 g/mol. The molecular weight excluding hydrogens is 269 g/mol. The van der Waals surface area contributed by atoms with Crippen LogP contribution >= 0.6 is 0 Å². The summed E-state index contributed by atoms with van der Waals surface area (Å²) < 4.78 is 38.4. The van der Waals surface area contributed by atoms with Gasteiger partial charge in [-0.05, 0) is 44.7 Å². The minimum atomic E-state index is -4.58. The molecule has 1 N–H and O–H groups in total. The number of piperidine rings is 1. The molecule has 0 amide bonds. The van der Waals surface area contributed by atoms with Crippen molar-refractivity contribution < 1.29 is 18.3 Å². The predicted molar refractivity (Wildman–Crippen MR) is 70.6 cm³/mol. The molecule has 1 aromatic heterocycles. The summed E-state index contributed by atoms with van der Waals surface area (Å²) in [5, 5.41) is 9.72. The Labute approximate surface area is 116 Å². The monoisotopic (exact) mass is 288 g/mol. The van der Waals surface area contributed by atoms with Crippen LogP contribution in [0.3, 0.4) is 0 Å². The van der Waals surface area contributed by atoms with Gasteiger partial charge in [0.2, 0.25) is 0 Å². The van der Waals surface area contributed by atoms with Crippen molar-refractivity contribution in [2.45, 2.75) is 38.5 Å². The third-order valence-electron chi connectivity index (χ3n) is 4.06. The molecule has 1 saturated heterocycles. The minimum Gasteiger partial charge on any atom is -0.380 e. The number of hydrogen-bond donors (Lipinski definition) is 1. The molecule has 0 aromatic carbocycles. The zero-order valence-corrected chi connectivity index (χ0v) is 11.6. The fourth-order valence-electron chi connectivity index (χ4n) is 2.61. The van der Waals surface area contributed by atoms with Crippen LogP contribution in [0.5, 0.6) is 0 Å². The van der Waals surface area contributed by atoms with Gasteiger partial charge in [-0.1, -0.05) is 6.07 Å². The first kappa shape index (κ1) is 15.1. The maximum atomic E-state index is 12.8. The van der Waals surface area contributed by atoms with Crippen molar-refractivity contribution in [3.05, 3.63) is 23.9 Å². The molecule has 0 bridgehead atoms. The summed E-state index contributed by atoms with van der Waals surface area (Å²) in [6.45, 7) is 3.71. The van der Waals surface area contributed by atoms with E-state index in [9.17, 15) is 18.3 Å². The number of anilines is 1. The van der Waals surface area contributed by atoms with Crippen LogP contribution in [-0.4, -0.2) is 35.0 Å². The Hall–Kier alpha value is -1.30. The van der Waals surface area contributed by atoms with Crippen molar-refractivity contribution >= 4 is 5.82 Å². The second-order valence-corrected chi connectivity index (χ2v) is 5.54.